The van der Waals surface area contributed by atoms with E-state index in [2.05, 4.69) is 14.6 Å². The van der Waals surface area contributed by atoms with Gasteiger partial charge in [0, 0.05) is 24.5 Å². The lowest BCUT2D eigenvalue weighted by molar-refractivity contribution is -0.389. The predicted octanol–water partition coefficient (Wildman–Crippen LogP) is 5.37. The van der Waals surface area contributed by atoms with E-state index in [0.29, 0.717) is 25.5 Å². The number of nitrogens with zero attached hydrogens (tertiary/aromatic N) is 4. The van der Waals surface area contributed by atoms with Crippen LogP contribution in [0.2, 0.25) is 0 Å². The van der Waals surface area contributed by atoms with Gasteiger partial charge in [-0.2, -0.15) is 0 Å². The van der Waals surface area contributed by atoms with Gasteiger partial charge in [0.2, 0.25) is 0 Å². The third kappa shape index (κ3) is 7.41. The standard InChI is InChI=1S/C27H29F3N4O5/c28-27(29,30)39-23-7-1-19(2-8-23)15-20-9-12-32(13-10-20)16-21-3-5-22(6-4-21)37-18-24-11-14-33-17-25(34(35)36)31-26(33)38-24/h1-8,17,20,24H,9-16,18H2/t24-/m1/s1. The Hall–Kier alpha value is -3.80. The van der Waals surface area contributed by atoms with Gasteiger partial charge >= 0.3 is 18.2 Å². The lowest BCUT2D eigenvalue weighted by Crippen LogP contribution is -2.33. The van der Waals surface area contributed by atoms with Crippen molar-refractivity contribution in [3.63, 3.8) is 0 Å². The van der Waals surface area contributed by atoms with Gasteiger partial charge in [-0.3, -0.25) is 9.47 Å². The van der Waals surface area contributed by atoms with Crippen LogP contribution < -0.4 is 14.2 Å². The summed E-state index contributed by atoms with van der Waals surface area (Å²) in [6.45, 7) is 3.68. The highest BCUT2D eigenvalue weighted by Gasteiger charge is 2.31. The Morgan fingerprint density at radius 1 is 0.974 bits per heavy atom. The third-order valence-corrected chi connectivity index (χ3v) is 7.03. The number of ether oxygens (including phenoxy) is 3. The van der Waals surface area contributed by atoms with Crippen molar-refractivity contribution in [2.24, 2.45) is 5.92 Å². The molecule has 9 nitrogen and oxygen atoms in total. The van der Waals surface area contributed by atoms with Crippen LogP contribution in [0.4, 0.5) is 19.0 Å². The fourth-order valence-electron chi connectivity index (χ4n) is 4.98. The van der Waals surface area contributed by atoms with E-state index in [1.807, 2.05) is 24.3 Å². The summed E-state index contributed by atoms with van der Waals surface area (Å²) in [5, 5.41) is 10.9. The Balaban J connectivity index is 1.03. The molecule has 1 fully saturated rings. The first-order valence-corrected chi connectivity index (χ1v) is 12.9. The molecule has 2 aliphatic rings. The molecule has 2 aromatic carbocycles. The van der Waals surface area contributed by atoms with Crippen molar-refractivity contribution in [2.45, 2.75) is 51.2 Å². The predicted molar refractivity (Wildman–Crippen MR) is 135 cm³/mol. The van der Waals surface area contributed by atoms with Crippen molar-refractivity contribution in [3.8, 4) is 17.5 Å². The minimum atomic E-state index is -4.67. The maximum atomic E-state index is 12.3. The molecule has 0 aliphatic carbocycles. The van der Waals surface area contributed by atoms with Gasteiger partial charge in [0.25, 0.3) is 0 Å². The van der Waals surface area contributed by atoms with Gasteiger partial charge in [0.15, 0.2) is 0 Å². The van der Waals surface area contributed by atoms with Gasteiger partial charge in [-0.15, -0.1) is 13.2 Å². The normalized spacial score (nSPS) is 18.3. The van der Waals surface area contributed by atoms with Crippen LogP contribution in [0.5, 0.6) is 17.5 Å². The minimum absolute atomic E-state index is 0.193. The van der Waals surface area contributed by atoms with Crippen LogP contribution in [-0.2, 0) is 19.5 Å². The zero-order chi connectivity index (χ0) is 27.4. The second-order valence-corrected chi connectivity index (χ2v) is 9.93. The molecule has 0 saturated carbocycles. The number of imidazole rings is 1. The monoisotopic (exact) mass is 546 g/mol. The van der Waals surface area contributed by atoms with E-state index in [1.54, 1.807) is 16.7 Å². The molecule has 0 spiro atoms. The number of aromatic nitrogens is 2. The van der Waals surface area contributed by atoms with Crippen LogP contribution >= 0.6 is 0 Å². The van der Waals surface area contributed by atoms with Crippen molar-refractivity contribution in [1.82, 2.24) is 14.5 Å². The molecule has 0 radical (unpaired) electrons. The number of likely N-dealkylation sites (tertiary alicyclic amines) is 1. The van der Waals surface area contributed by atoms with Crippen LogP contribution in [0.1, 0.15) is 30.4 Å². The lowest BCUT2D eigenvalue weighted by atomic mass is 9.90. The van der Waals surface area contributed by atoms with E-state index >= 15 is 0 Å². The molecule has 5 rings (SSSR count). The van der Waals surface area contributed by atoms with E-state index in [0.717, 1.165) is 50.2 Å². The number of hydrogen-bond acceptors (Lipinski definition) is 7. The van der Waals surface area contributed by atoms with Crippen LogP contribution in [-0.4, -0.2) is 51.5 Å². The van der Waals surface area contributed by atoms with Gasteiger partial charge < -0.3 is 24.3 Å². The van der Waals surface area contributed by atoms with Gasteiger partial charge in [0.05, 0.1) is 0 Å². The third-order valence-electron chi connectivity index (χ3n) is 7.03. The number of rotatable bonds is 9. The topological polar surface area (TPSA) is 91.9 Å². The molecule has 3 aromatic rings. The Kier molecular flexibility index (Phi) is 7.92. The molecule has 39 heavy (non-hydrogen) atoms. The van der Waals surface area contributed by atoms with Crippen molar-refractivity contribution in [2.75, 3.05) is 19.7 Å². The van der Waals surface area contributed by atoms with Crippen molar-refractivity contribution in [3.05, 3.63) is 76.0 Å². The molecular formula is C27H29F3N4O5. The van der Waals surface area contributed by atoms with Crippen molar-refractivity contribution >= 4 is 5.82 Å². The van der Waals surface area contributed by atoms with E-state index in [9.17, 15) is 23.3 Å². The molecule has 1 atom stereocenters. The molecule has 1 aromatic heterocycles. The summed E-state index contributed by atoms with van der Waals surface area (Å²) >= 11 is 0. The summed E-state index contributed by atoms with van der Waals surface area (Å²) in [5.74, 6) is 0.811. The van der Waals surface area contributed by atoms with Gasteiger partial charge in [-0.1, -0.05) is 24.3 Å². The number of hydrogen-bond donors (Lipinski definition) is 0. The molecular weight excluding hydrogens is 517 g/mol. The highest BCUT2D eigenvalue weighted by Crippen LogP contribution is 2.27. The molecule has 208 valence electrons. The smallest absolute Gasteiger partial charge is 0.490 e. The molecule has 3 heterocycles. The number of alkyl halides is 3. The van der Waals surface area contributed by atoms with Crippen molar-refractivity contribution < 1.29 is 32.3 Å². The Morgan fingerprint density at radius 3 is 2.31 bits per heavy atom. The SMILES string of the molecule is O=[N+]([O-])c1cn2c(n1)O[C@@H](COc1ccc(CN3CCC(Cc4ccc(OC(F)(F)F)cc4)CC3)cc1)CC2. The first-order chi connectivity index (χ1) is 18.7. The maximum absolute atomic E-state index is 12.3. The van der Waals surface area contributed by atoms with Crippen molar-refractivity contribution in [1.29, 1.82) is 0 Å². The summed E-state index contributed by atoms with van der Waals surface area (Å²) in [6.07, 6.45) is 0.0582. The Bertz CT molecular complexity index is 1260. The lowest BCUT2D eigenvalue weighted by Gasteiger charge is -2.32. The molecule has 2 aliphatic heterocycles. The van der Waals surface area contributed by atoms with Crippen LogP contribution in [0.25, 0.3) is 0 Å². The van der Waals surface area contributed by atoms with Crippen LogP contribution in [0.15, 0.2) is 54.7 Å². The average molecular weight is 547 g/mol. The second kappa shape index (κ2) is 11.5. The zero-order valence-corrected chi connectivity index (χ0v) is 21.2. The fraction of sp³-hybridized carbons (Fsp3) is 0.444. The Labute approximate surface area is 223 Å². The summed E-state index contributed by atoms with van der Waals surface area (Å²) in [6, 6.07) is 14.4. The molecule has 0 amide bonds. The maximum Gasteiger partial charge on any atom is 0.573 e. The Morgan fingerprint density at radius 2 is 1.64 bits per heavy atom. The van der Waals surface area contributed by atoms with Gasteiger partial charge in [-0.05, 0) is 78.6 Å². The molecule has 1 saturated heterocycles. The molecule has 12 heteroatoms. The molecule has 0 bridgehead atoms. The number of halogens is 3. The van der Waals surface area contributed by atoms with Gasteiger partial charge in [0.1, 0.15) is 30.4 Å². The fourth-order valence-corrected chi connectivity index (χ4v) is 4.98. The molecule has 0 N–H and O–H groups in total. The quantitative estimate of drug-likeness (QED) is 0.263. The highest BCUT2D eigenvalue weighted by atomic mass is 19.4. The highest BCUT2D eigenvalue weighted by molar-refractivity contribution is 5.29. The number of piperidine rings is 1. The summed E-state index contributed by atoms with van der Waals surface area (Å²) < 4.78 is 54.2. The number of fused-ring (bicyclic) bond motifs is 1. The number of nitro groups is 1. The minimum Gasteiger partial charge on any atom is -0.490 e. The first-order valence-electron chi connectivity index (χ1n) is 12.9. The van der Waals surface area contributed by atoms with Crippen LogP contribution in [0, 0.1) is 16.0 Å². The summed E-state index contributed by atoms with van der Waals surface area (Å²) in [4.78, 5) is 16.7. The van der Waals surface area contributed by atoms with Gasteiger partial charge in [-0.25, -0.2) is 0 Å². The van der Waals surface area contributed by atoms with E-state index in [-0.39, 0.29) is 23.7 Å². The largest absolute Gasteiger partial charge is 0.573 e. The first kappa shape index (κ1) is 26.8. The van der Waals surface area contributed by atoms with E-state index in [4.69, 9.17) is 9.47 Å². The van der Waals surface area contributed by atoms with E-state index in [1.165, 1.54) is 23.9 Å². The summed E-state index contributed by atoms with van der Waals surface area (Å²) in [5.41, 5.74) is 2.20. The molecule has 0 unspecified atom stereocenters. The zero-order valence-electron chi connectivity index (χ0n) is 21.2. The number of benzene rings is 2. The van der Waals surface area contributed by atoms with Crippen LogP contribution in [0.3, 0.4) is 0 Å². The average Bonchev–Trinajstić information content (AvgIpc) is 3.34. The van der Waals surface area contributed by atoms with E-state index < -0.39 is 11.3 Å². The second-order valence-electron chi connectivity index (χ2n) is 9.93. The number of aryl methyl sites for hydroxylation is 1. The summed E-state index contributed by atoms with van der Waals surface area (Å²) in [7, 11) is 0.